The standard InChI is InChI=1S/C5H2BrClFNO2S/c6-5-4(12(7,10)11)1-3(8)2-9-5/h1-2H. The molecule has 0 saturated carbocycles. The summed E-state index contributed by atoms with van der Waals surface area (Å²) in [4.78, 5) is 3.05. The van der Waals surface area contributed by atoms with E-state index < -0.39 is 14.9 Å². The van der Waals surface area contributed by atoms with Gasteiger partial charge in [0.15, 0.2) is 0 Å². The lowest BCUT2D eigenvalue weighted by atomic mass is 10.5. The Morgan fingerprint density at radius 1 is 1.58 bits per heavy atom. The molecule has 7 heteroatoms. The first kappa shape index (κ1) is 9.88. The second-order valence-corrected chi connectivity index (χ2v) is 5.17. The SMILES string of the molecule is O=S(=O)(Cl)c1cc(F)cnc1Br. The molecule has 0 atom stereocenters. The van der Waals surface area contributed by atoms with Gasteiger partial charge in [-0.05, 0) is 22.0 Å². The predicted molar refractivity (Wildman–Crippen MR) is 44.9 cm³/mol. The van der Waals surface area contributed by atoms with Crippen LogP contribution in [0.2, 0.25) is 0 Å². The third-order valence-electron chi connectivity index (χ3n) is 1.04. The van der Waals surface area contributed by atoms with Gasteiger partial charge in [0.25, 0.3) is 9.05 Å². The van der Waals surface area contributed by atoms with E-state index in [-0.39, 0.29) is 9.50 Å². The maximum absolute atomic E-state index is 12.5. The summed E-state index contributed by atoms with van der Waals surface area (Å²) in [6, 6.07) is 0.791. The van der Waals surface area contributed by atoms with Crippen LogP contribution in [0.25, 0.3) is 0 Å². The average Bonchev–Trinajstić information content (AvgIpc) is 1.92. The molecule has 0 radical (unpaired) electrons. The minimum atomic E-state index is -3.93. The second-order valence-electron chi connectivity index (χ2n) is 1.88. The molecular formula is C5H2BrClFNO2S. The van der Waals surface area contributed by atoms with Gasteiger partial charge in [0.2, 0.25) is 0 Å². The highest BCUT2D eigenvalue weighted by Gasteiger charge is 2.15. The van der Waals surface area contributed by atoms with Crippen molar-refractivity contribution in [2.45, 2.75) is 4.90 Å². The van der Waals surface area contributed by atoms with Crippen molar-refractivity contribution in [3.8, 4) is 0 Å². The number of nitrogens with zero attached hydrogens (tertiary/aromatic N) is 1. The Balaban J connectivity index is 3.43. The first-order chi connectivity index (χ1) is 5.41. The molecule has 0 aliphatic carbocycles. The van der Waals surface area contributed by atoms with Crippen LogP contribution < -0.4 is 0 Å². The van der Waals surface area contributed by atoms with Crippen LogP contribution in [-0.4, -0.2) is 13.4 Å². The van der Waals surface area contributed by atoms with Gasteiger partial charge in [-0.15, -0.1) is 0 Å². The van der Waals surface area contributed by atoms with E-state index in [1.54, 1.807) is 0 Å². The van der Waals surface area contributed by atoms with Gasteiger partial charge in [-0.2, -0.15) is 0 Å². The van der Waals surface area contributed by atoms with E-state index in [0.717, 1.165) is 12.3 Å². The molecule has 0 unspecified atom stereocenters. The van der Waals surface area contributed by atoms with E-state index in [0.29, 0.717) is 0 Å². The van der Waals surface area contributed by atoms with Crippen molar-refractivity contribution >= 4 is 35.7 Å². The summed E-state index contributed by atoms with van der Waals surface area (Å²) in [7, 11) is 1.04. The highest BCUT2D eigenvalue weighted by Crippen LogP contribution is 2.23. The topological polar surface area (TPSA) is 47.0 Å². The van der Waals surface area contributed by atoms with Gasteiger partial charge in [-0.3, -0.25) is 0 Å². The quantitative estimate of drug-likeness (QED) is 0.580. The highest BCUT2D eigenvalue weighted by atomic mass is 79.9. The fourth-order valence-electron chi connectivity index (χ4n) is 0.575. The van der Waals surface area contributed by atoms with Crippen molar-refractivity contribution in [2.24, 2.45) is 0 Å². The Labute approximate surface area is 81.1 Å². The molecule has 0 saturated heterocycles. The molecule has 0 spiro atoms. The summed E-state index contributed by atoms with van der Waals surface area (Å²) in [6.45, 7) is 0. The summed E-state index contributed by atoms with van der Waals surface area (Å²) in [5.41, 5.74) is 0. The van der Waals surface area contributed by atoms with Gasteiger partial charge >= 0.3 is 0 Å². The van der Waals surface area contributed by atoms with Crippen LogP contribution in [0.1, 0.15) is 0 Å². The fraction of sp³-hybridized carbons (Fsp3) is 0. The lowest BCUT2D eigenvalue weighted by Crippen LogP contribution is -1.95. The molecule has 1 rings (SSSR count). The summed E-state index contributed by atoms with van der Waals surface area (Å²) in [5, 5.41) is 0. The van der Waals surface area contributed by atoms with E-state index in [4.69, 9.17) is 10.7 Å². The summed E-state index contributed by atoms with van der Waals surface area (Å²) in [5.74, 6) is -0.752. The third kappa shape index (κ3) is 2.15. The van der Waals surface area contributed by atoms with E-state index in [9.17, 15) is 12.8 Å². The summed E-state index contributed by atoms with van der Waals surface area (Å²) in [6.07, 6.45) is 0.885. The summed E-state index contributed by atoms with van der Waals surface area (Å²) < 4.78 is 33.9. The zero-order valence-electron chi connectivity index (χ0n) is 5.46. The van der Waals surface area contributed by atoms with Crippen molar-refractivity contribution in [1.82, 2.24) is 4.98 Å². The molecule has 0 amide bonds. The van der Waals surface area contributed by atoms with Crippen LogP contribution in [0.15, 0.2) is 21.8 Å². The van der Waals surface area contributed by atoms with Gasteiger partial charge < -0.3 is 0 Å². The fourth-order valence-corrected chi connectivity index (χ4v) is 2.57. The normalized spacial score (nSPS) is 11.6. The average molecular weight is 274 g/mol. The van der Waals surface area contributed by atoms with Crippen molar-refractivity contribution in [3.63, 3.8) is 0 Å². The van der Waals surface area contributed by atoms with Crippen LogP contribution in [0, 0.1) is 5.82 Å². The number of halogens is 3. The lowest BCUT2D eigenvalue weighted by molar-refractivity contribution is 0.597. The minimum Gasteiger partial charge on any atom is -0.245 e. The molecular weight excluding hydrogens is 272 g/mol. The zero-order chi connectivity index (χ0) is 9.35. The van der Waals surface area contributed by atoms with E-state index >= 15 is 0 Å². The maximum Gasteiger partial charge on any atom is 0.264 e. The smallest absolute Gasteiger partial charge is 0.245 e. The van der Waals surface area contributed by atoms with Crippen LogP contribution in [0.3, 0.4) is 0 Å². The Kier molecular flexibility index (Phi) is 2.70. The molecule has 1 aromatic heterocycles. The predicted octanol–water partition coefficient (Wildman–Crippen LogP) is 1.91. The van der Waals surface area contributed by atoms with Crippen LogP contribution in [0.5, 0.6) is 0 Å². The summed E-state index contributed by atoms with van der Waals surface area (Å²) >= 11 is 2.82. The van der Waals surface area contributed by atoms with Gasteiger partial charge in [-0.25, -0.2) is 17.8 Å². The first-order valence-electron chi connectivity index (χ1n) is 2.67. The molecule has 1 aromatic rings. The van der Waals surface area contributed by atoms with Gasteiger partial charge in [0, 0.05) is 10.7 Å². The first-order valence-corrected chi connectivity index (χ1v) is 5.77. The molecule has 66 valence electrons. The Hall–Kier alpha value is -0.200. The molecule has 0 N–H and O–H groups in total. The number of aromatic nitrogens is 1. The second kappa shape index (κ2) is 3.27. The minimum absolute atomic E-state index is 0.00102. The van der Waals surface area contributed by atoms with Crippen LogP contribution in [0.4, 0.5) is 4.39 Å². The molecule has 0 aliphatic heterocycles. The highest BCUT2D eigenvalue weighted by molar-refractivity contribution is 9.10. The maximum atomic E-state index is 12.5. The third-order valence-corrected chi connectivity index (χ3v) is 3.27. The zero-order valence-corrected chi connectivity index (χ0v) is 8.62. The number of rotatable bonds is 1. The van der Waals surface area contributed by atoms with Gasteiger partial charge in [-0.1, -0.05) is 0 Å². The monoisotopic (exact) mass is 273 g/mol. The molecule has 0 aliphatic rings. The number of hydrogen-bond donors (Lipinski definition) is 0. The Morgan fingerprint density at radius 3 is 2.58 bits per heavy atom. The molecule has 1 heterocycles. The van der Waals surface area contributed by atoms with Gasteiger partial charge in [0.05, 0.1) is 6.20 Å². The van der Waals surface area contributed by atoms with E-state index in [1.165, 1.54) is 0 Å². The largest absolute Gasteiger partial charge is 0.264 e. The van der Waals surface area contributed by atoms with Crippen molar-refractivity contribution in [2.75, 3.05) is 0 Å². The number of pyridine rings is 1. The Bertz CT molecular complexity index is 408. The van der Waals surface area contributed by atoms with E-state index in [1.807, 2.05) is 0 Å². The molecule has 0 aromatic carbocycles. The van der Waals surface area contributed by atoms with E-state index in [2.05, 4.69) is 20.9 Å². The molecule has 0 bridgehead atoms. The molecule has 12 heavy (non-hydrogen) atoms. The lowest BCUT2D eigenvalue weighted by Gasteiger charge is -1.97. The van der Waals surface area contributed by atoms with Crippen LogP contribution >= 0.6 is 26.6 Å². The van der Waals surface area contributed by atoms with Crippen molar-refractivity contribution < 1.29 is 12.8 Å². The Morgan fingerprint density at radius 2 is 2.17 bits per heavy atom. The molecule has 0 fully saturated rings. The van der Waals surface area contributed by atoms with Gasteiger partial charge in [0.1, 0.15) is 15.3 Å². The van der Waals surface area contributed by atoms with Crippen molar-refractivity contribution in [3.05, 3.63) is 22.7 Å². The van der Waals surface area contributed by atoms with Crippen LogP contribution in [-0.2, 0) is 9.05 Å². The van der Waals surface area contributed by atoms with Crippen molar-refractivity contribution in [1.29, 1.82) is 0 Å². The molecule has 3 nitrogen and oxygen atoms in total. The number of hydrogen-bond acceptors (Lipinski definition) is 3.